The lowest BCUT2D eigenvalue weighted by atomic mass is 9.98. The maximum Gasteiger partial charge on any atom is 0.254 e. The third-order valence-electron chi connectivity index (χ3n) is 5.89. The normalized spacial score (nSPS) is 16.4. The molecule has 1 aromatic heterocycles. The average molecular weight is 439 g/mol. The largest absolute Gasteiger partial charge is 0.396 e. The molecule has 0 aliphatic carbocycles. The number of nitrogens with one attached hydrogen (secondary N) is 1. The van der Waals surface area contributed by atoms with E-state index in [9.17, 15) is 19.1 Å². The van der Waals surface area contributed by atoms with Crippen molar-refractivity contribution in [3.05, 3.63) is 47.8 Å². The Kier molecular flexibility index (Phi) is 6.23. The number of aromatic nitrogens is 2. The molecule has 1 atom stereocenters. The highest BCUT2D eigenvalue weighted by Gasteiger charge is 2.26. The number of amides is 2. The van der Waals surface area contributed by atoms with Crippen LogP contribution in [0.2, 0.25) is 0 Å². The van der Waals surface area contributed by atoms with Gasteiger partial charge in [-0.15, -0.1) is 0 Å². The summed E-state index contributed by atoms with van der Waals surface area (Å²) >= 11 is 0. The molecule has 1 aliphatic rings. The lowest BCUT2D eigenvalue weighted by Gasteiger charge is -2.32. The molecule has 2 amide bonds. The minimum Gasteiger partial charge on any atom is -0.396 e. The molecule has 0 radical (unpaired) electrons. The maximum atomic E-state index is 14.5. The van der Waals surface area contributed by atoms with Crippen molar-refractivity contribution >= 4 is 28.5 Å². The number of rotatable bonds is 5. The van der Waals surface area contributed by atoms with Crippen LogP contribution < -0.4 is 5.32 Å². The second-order valence-electron chi connectivity index (χ2n) is 8.17. The van der Waals surface area contributed by atoms with Crippen molar-refractivity contribution in [1.29, 1.82) is 0 Å². The molecule has 32 heavy (non-hydrogen) atoms. The van der Waals surface area contributed by atoms with E-state index in [0.29, 0.717) is 53.3 Å². The molecule has 3 aromatic rings. The standard InChI is InChI=1S/C24H27FN4O3/c1-3-29-22-20(26-15(2)31)11-17(24(32)28-10-6-7-16(13-28)14-30)12-21(22)27-23(29)18-8-4-5-9-19(18)25/h4-5,8-9,11-12,16,30H,3,6-7,10,13-14H2,1-2H3,(H,26,31). The zero-order valence-corrected chi connectivity index (χ0v) is 18.3. The first-order chi connectivity index (χ1) is 15.4. The van der Waals surface area contributed by atoms with Crippen LogP contribution in [0.25, 0.3) is 22.4 Å². The van der Waals surface area contributed by atoms with Crippen molar-refractivity contribution in [2.45, 2.75) is 33.2 Å². The van der Waals surface area contributed by atoms with Gasteiger partial charge in [0.2, 0.25) is 5.91 Å². The highest BCUT2D eigenvalue weighted by molar-refractivity contribution is 6.05. The van der Waals surface area contributed by atoms with Crippen molar-refractivity contribution in [1.82, 2.24) is 14.5 Å². The number of hydrogen-bond acceptors (Lipinski definition) is 4. The molecule has 1 saturated heterocycles. The number of benzene rings is 2. The van der Waals surface area contributed by atoms with Crippen LogP contribution in [0.5, 0.6) is 0 Å². The van der Waals surface area contributed by atoms with E-state index in [0.717, 1.165) is 12.8 Å². The molecule has 0 bridgehead atoms. The van der Waals surface area contributed by atoms with Gasteiger partial charge in [-0.3, -0.25) is 9.59 Å². The number of aliphatic hydroxyl groups excluding tert-OH is 1. The zero-order chi connectivity index (χ0) is 22.8. The third kappa shape index (κ3) is 4.10. The van der Waals surface area contributed by atoms with E-state index in [1.165, 1.54) is 13.0 Å². The fourth-order valence-electron chi connectivity index (χ4n) is 4.41. The predicted molar refractivity (Wildman–Crippen MR) is 121 cm³/mol. The van der Waals surface area contributed by atoms with Crippen molar-refractivity contribution in [2.75, 3.05) is 25.0 Å². The fourth-order valence-corrected chi connectivity index (χ4v) is 4.41. The Bertz CT molecular complexity index is 1170. The van der Waals surface area contributed by atoms with Gasteiger partial charge in [0.1, 0.15) is 11.6 Å². The number of carbonyl (C=O) groups excluding carboxylic acids is 2. The van der Waals surface area contributed by atoms with Crippen molar-refractivity contribution < 1.29 is 19.1 Å². The molecule has 2 aromatic carbocycles. The summed E-state index contributed by atoms with van der Waals surface area (Å²) in [5, 5.41) is 12.3. The summed E-state index contributed by atoms with van der Waals surface area (Å²) in [6.07, 6.45) is 1.73. The van der Waals surface area contributed by atoms with E-state index in [1.54, 1.807) is 35.2 Å². The molecule has 4 rings (SSSR count). The van der Waals surface area contributed by atoms with Crippen LogP contribution in [0.4, 0.5) is 10.1 Å². The number of likely N-dealkylation sites (tertiary alicyclic amines) is 1. The molecule has 0 saturated carbocycles. The predicted octanol–water partition coefficient (Wildman–Crippen LogP) is 3.67. The second-order valence-corrected chi connectivity index (χ2v) is 8.17. The summed E-state index contributed by atoms with van der Waals surface area (Å²) in [5.41, 5.74) is 2.38. The number of nitrogens with zero attached hydrogens (tertiary/aromatic N) is 3. The van der Waals surface area contributed by atoms with E-state index >= 15 is 0 Å². The fraction of sp³-hybridized carbons (Fsp3) is 0.375. The van der Waals surface area contributed by atoms with Crippen LogP contribution in [0.3, 0.4) is 0 Å². The van der Waals surface area contributed by atoms with Crippen LogP contribution in [0, 0.1) is 11.7 Å². The van der Waals surface area contributed by atoms with Crippen LogP contribution in [-0.4, -0.2) is 51.1 Å². The Morgan fingerprint density at radius 3 is 2.75 bits per heavy atom. The van der Waals surface area contributed by atoms with E-state index in [1.807, 2.05) is 11.5 Å². The van der Waals surface area contributed by atoms with Crippen LogP contribution in [0.1, 0.15) is 37.0 Å². The van der Waals surface area contributed by atoms with Gasteiger partial charge in [-0.1, -0.05) is 12.1 Å². The number of carbonyl (C=O) groups is 2. The summed E-state index contributed by atoms with van der Waals surface area (Å²) in [6, 6.07) is 9.77. The molecule has 8 heteroatoms. The molecule has 2 heterocycles. The first-order valence-electron chi connectivity index (χ1n) is 10.9. The average Bonchev–Trinajstić information content (AvgIpc) is 3.17. The van der Waals surface area contributed by atoms with Gasteiger partial charge in [0.25, 0.3) is 5.91 Å². The Morgan fingerprint density at radius 2 is 2.06 bits per heavy atom. The van der Waals surface area contributed by atoms with Gasteiger partial charge >= 0.3 is 0 Å². The summed E-state index contributed by atoms with van der Waals surface area (Å²) in [7, 11) is 0. The van der Waals surface area contributed by atoms with Crippen molar-refractivity contribution in [3.63, 3.8) is 0 Å². The van der Waals surface area contributed by atoms with E-state index < -0.39 is 5.82 Å². The van der Waals surface area contributed by atoms with Gasteiger partial charge in [0, 0.05) is 38.7 Å². The quantitative estimate of drug-likeness (QED) is 0.636. The number of anilines is 1. The van der Waals surface area contributed by atoms with Gasteiger partial charge in [-0.05, 0) is 49.9 Å². The smallest absolute Gasteiger partial charge is 0.254 e. The molecule has 7 nitrogen and oxygen atoms in total. The minimum absolute atomic E-state index is 0.0485. The van der Waals surface area contributed by atoms with Crippen LogP contribution >= 0.6 is 0 Å². The number of imidazole rings is 1. The molecular formula is C24H27FN4O3. The number of piperidine rings is 1. The van der Waals surface area contributed by atoms with E-state index in [-0.39, 0.29) is 24.3 Å². The van der Waals surface area contributed by atoms with Gasteiger partial charge in [0.05, 0.1) is 22.3 Å². The maximum absolute atomic E-state index is 14.5. The monoisotopic (exact) mass is 438 g/mol. The van der Waals surface area contributed by atoms with Gasteiger partial charge in [-0.25, -0.2) is 9.37 Å². The molecule has 0 spiro atoms. The number of aryl methyl sites for hydroxylation is 1. The summed E-state index contributed by atoms with van der Waals surface area (Å²) in [4.78, 5) is 31.6. The van der Waals surface area contributed by atoms with E-state index in [4.69, 9.17) is 0 Å². The zero-order valence-electron chi connectivity index (χ0n) is 18.3. The molecule has 1 fully saturated rings. The lowest BCUT2D eigenvalue weighted by molar-refractivity contribution is -0.114. The number of fused-ring (bicyclic) bond motifs is 1. The first kappa shape index (κ1) is 22.0. The lowest BCUT2D eigenvalue weighted by Crippen LogP contribution is -2.41. The molecule has 1 unspecified atom stereocenters. The summed E-state index contributed by atoms with van der Waals surface area (Å²) < 4.78 is 16.4. The SMILES string of the molecule is CCn1c(-c2ccccc2F)nc2cc(C(=O)N3CCCC(CO)C3)cc(NC(C)=O)c21. The highest BCUT2D eigenvalue weighted by Crippen LogP contribution is 2.33. The molecular weight excluding hydrogens is 411 g/mol. The Hall–Kier alpha value is -3.26. The van der Waals surface area contributed by atoms with Crippen molar-refractivity contribution in [2.24, 2.45) is 5.92 Å². The Morgan fingerprint density at radius 1 is 1.28 bits per heavy atom. The van der Waals surface area contributed by atoms with Crippen LogP contribution in [0.15, 0.2) is 36.4 Å². The Balaban J connectivity index is 1.85. The van der Waals surface area contributed by atoms with E-state index in [2.05, 4.69) is 10.3 Å². The molecule has 168 valence electrons. The van der Waals surface area contributed by atoms with Gasteiger partial charge in [0.15, 0.2) is 0 Å². The van der Waals surface area contributed by atoms with Gasteiger partial charge in [-0.2, -0.15) is 0 Å². The third-order valence-corrected chi connectivity index (χ3v) is 5.89. The first-order valence-corrected chi connectivity index (χ1v) is 10.9. The summed E-state index contributed by atoms with van der Waals surface area (Å²) in [6.45, 7) is 4.99. The van der Waals surface area contributed by atoms with Gasteiger partial charge < -0.3 is 19.9 Å². The number of halogens is 1. The number of aliphatic hydroxyl groups is 1. The second kappa shape index (κ2) is 9.08. The summed E-state index contributed by atoms with van der Waals surface area (Å²) in [5.74, 6) is -0.327. The van der Waals surface area contributed by atoms with Crippen LogP contribution in [-0.2, 0) is 11.3 Å². The minimum atomic E-state index is -0.391. The van der Waals surface area contributed by atoms with Crippen molar-refractivity contribution in [3.8, 4) is 11.4 Å². The Labute approximate surface area is 185 Å². The topological polar surface area (TPSA) is 87.5 Å². The highest BCUT2D eigenvalue weighted by atomic mass is 19.1. The number of hydrogen-bond donors (Lipinski definition) is 2. The molecule has 1 aliphatic heterocycles. The molecule has 2 N–H and O–H groups in total.